The lowest BCUT2D eigenvalue weighted by Gasteiger charge is -2.45. The monoisotopic (exact) mass is 341 g/mol. The first-order valence-electron chi connectivity index (χ1n) is 8.36. The zero-order chi connectivity index (χ0) is 17.3. The average molecular weight is 341 g/mol. The van der Waals surface area contributed by atoms with E-state index in [-0.39, 0.29) is 5.25 Å². The van der Waals surface area contributed by atoms with Crippen molar-refractivity contribution in [3.8, 4) is 6.07 Å². The Morgan fingerprint density at radius 2 is 2.25 bits per heavy atom. The van der Waals surface area contributed by atoms with Crippen LogP contribution in [0, 0.1) is 25.2 Å². The molecule has 2 atom stereocenters. The van der Waals surface area contributed by atoms with Gasteiger partial charge in [-0.15, -0.1) is 0 Å². The second-order valence-electron chi connectivity index (χ2n) is 6.58. The first kappa shape index (κ1) is 17.1. The molecule has 1 aliphatic carbocycles. The van der Waals surface area contributed by atoms with Crippen molar-refractivity contribution in [1.29, 1.82) is 5.26 Å². The van der Waals surface area contributed by atoms with Gasteiger partial charge in [-0.25, -0.2) is 0 Å². The maximum absolute atomic E-state index is 10.8. The van der Waals surface area contributed by atoms with Crippen LogP contribution in [-0.4, -0.2) is 33.2 Å². The van der Waals surface area contributed by atoms with Gasteiger partial charge in [0.1, 0.15) is 6.07 Å². The fraction of sp³-hybridized carbons (Fsp3) is 0.474. The number of nitrogens with one attached hydrogen (secondary N) is 1. The number of hydrogen-bond acceptors (Lipinski definition) is 5. The zero-order valence-electron chi connectivity index (χ0n) is 14.4. The first-order valence-corrected chi connectivity index (χ1v) is 9.41. The van der Waals surface area contributed by atoms with Gasteiger partial charge >= 0.3 is 0 Å². The molecule has 2 N–H and O–H groups in total. The summed E-state index contributed by atoms with van der Waals surface area (Å²) in [7, 11) is 0. The molecule has 0 radical (unpaired) electrons. The number of nitrogens with zero attached hydrogens (tertiary/aromatic N) is 2. The molecular formula is C19H23N3OS. The van der Waals surface area contributed by atoms with E-state index in [0.717, 1.165) is 46.3 Å². The van der Waals surface area contributed by atoms with Crippen LogP contribution < -0.4 is 5.32 Å². The van der Waals surface area contributed by atoms with E-state index in [1.165, 1.54) is 0 Å². The van der Waals surface area contributed by atoms with Gasteiger partial charge in [-0.05, 0) is 44.1 Å². The normalized spacial score (nSPS) is 22.9. The van der Waals surface area contributed by atoms with Crippen LogP contribution in [0.5, 0.6) is 0 Å². The van der Waals surface area contributed by atoms with Crippen molar-refractivity contribution in [3.63, 3.8) is 0 Å². The van der Waals surface area contributed by atoms with Gasteiger partial charge in [0.2, 0.25) is 0 Å². The highest BCUT2D eigenvalue weighted by molar-refractivity contribution is 8.00. The lowest BCUT2D eigenvalue weighted by Crippen LogP contribution is -2.54. The first-order chi connectivity index (χ1) is 11.5. The smallest absolute Gasteiger partial charge is 0.103 e. The van der Waals surface area contributed by atoms with Crippen molar-refractivity contribution < 1.29 is 5.11 Å². The molecule has 4 nitrogen and oxygen atoms in total. The zero-order valence-corrected chi connectivity index (χ0v) is 15.2. The number of rotatable bonds is 5. The third-order valence-electron chi connectivity index (χ3n) is 4.80. The number of fused-ring (bicyclic) bond motifs is 1. The summed E-state index contributed by atoms with van der Waals surface area (Å²) < 4.78 is 0. The summed E-state index contributed by atoms with van der Waals surface area (Å²) in [4.78, 5) is 4.45. The third-order valence-corrected chi connectivity index (χ3v) is 6.21. The molecule has 2 unspecified atom stereocenters. The van der Waals surface area contributed by atoms with E-state index in [1.807, 2.05) is 25.6 Å². The highest BCUT2D eigenvalue weighted by Crippen LogP contribution is 2.41. The topological polar surface area (TPSA) is 68.9 Å². The van der Waals surface area contributed by atoms with Gasteiger partial charge in [0, 0.05) is 23.4 Å². The number of aliphatic hydroxyl groups is 1. The molecule has 1 heterocycles. The van der Waals surface area contributed by atoms with Crippen molar-refractivity contribution in [3.05, 3.63) is 35.0 Å². The molecule has 1 aromatic heterocycles. The number of benzene rings is 1. The van der Waals surface area contributed by atoms with Crippen LogP contribution in [0.4, 0.5) is 5.69 Å². The number of nitriles is 1. The van der Waals surface area contributed by atoms with Gasteiger partial charge in [0.05, 0.1) is 22.4 Å². The number of pyridine rings is 1. The molecule has 0 aliphatic heterocycles. The van der Waals surface area contributed by atoms with Gasteiger partial charge in [0.25, 0.3) is 0 Å². The number of aromatic nitrogens is 1. The van der Waals surface area contributed by atoms with Crippen molar-refractivity contribution in [2.75, 3.05) is 17.6 Å². The number of anilines is 1. The van der Waals surface area contributed by atoms with Gasteiger partial charge in [0.15, 0.2) is 0 Å². The summed E-state index contributed by atoms with van der Waals surface area (Å²) in [6, 6.07) is 6.38. The largest absolute Gasteiger partial charge is 0.387 e. The van der Waals surface area contributed by atoms with E-state index in [9.17, 15) is 10.4 Å². The van der Waals surface area contributed by atoms with E-state index in [1.54, 1.807) is 6.20 Å². The minimum absolute atomic E-state index is 0.275. The SMILES string of the molecule is CCSC1CCC1(O)CNc1c(C#N)cnc2c(C)cc(C)cc12. The van der Waals surface area contributed by atoms with Crippen molar-refractivity contribution >= 4 is 28.4 Å². The molecule has 0 saturated heterocycles. The highest BCUT2D eigenvalue weighted by Gasteiger charge is 2.45. The Labute approximate surface area is 147 Å². The molecule has 2 aromatic rings. The summed E-state index contributed by atoms with van der Waals surface area (Å²) in [6.45, 7) is 6.66. The Hall–Kier alpha value is -1.77. The fourth-order valence-electron chi connectivity index (χ4n) is 3.41. The van der Waals surface area contributed by atoms with Crippen LogP contribution in [0.25, 0.3) is 10.9 Å². The lowest BCUT2D eigenvalue weighted by atomic mass is 9.79. The minimum atomic E-state index is -0.693. The summed E-state index contributed by atoms with van der Waals surface area (Å²) in [5.41, 5.74) is 3.76. The Balaban J connectivity index is 1.95. The van der Waals surface area contributed by atoms with E-state index in [4.69, 9.17) is 0 Å². The molecular weight excluding hydrogens is 318 g/mol. The Bertz CT molecular complexity index is 814. The van der Waals surface area contributed by atoms with Crippen LogP contribution in [0.1, 0.15) is 36.5 Å². The molecule has 1 saturated carbocycles. The van der Waals surface area contributed by atoms with E-state index in [2.05, 4.69) is 35.4 Å². The van der Waals surface area contributed by atoms with Crippen molar-refractivity contribution in [2.24, 2.45) is 0 Å². The predicted octanol–water partition coefficient (Wildman–Crippen LogP) is 3.78. The third kappa shape index (κ3) is 2.97. The second-order valence-corrected chi connectivity index (χ2v) is 8.06. The molecule has 1 aromatic carbocycles. The van der Waals surface area contributed by atoms with Crippen LogP contribution in [0.3, 0.4) is 0 Å². The predicted molar refractivity (Wildman–Crippen MR) is 101 cm³/mol. The maximum Gasteiger partial charge on any atom is 0.103 e. The van der Waals surface area contributed by atoms with Crippen LogP contribution in [0.2, 0.25) is 0 Å². The molecule has 0 bridgehead atoms. The summed E-state index contributed by atoms with van der Waals surface area (Å²) in [5, 5.41) is 24.9. The lowest BCUT2D eigenvalue weighted by molar-refractivity contribution is -0.0119. The van der Waals surface area contributed by atoms with Gasteiger partial charge in [-0.3, -0.25) is 4.98 Å². The second kappa shape index (κ2) is 6.62. The number of thioether (sulfide) groups is 1. The molecule has 126 valence electrons. The van der Waals surface area contributed by atoms with E-state index >= 15 is 0 Å². The molecule has 24 heavy (non-hydrogen) atoms. The molecule has 0 spiro atoms. The standard InChI is InChI=1S/C19H23N3OS/c1-4-24-16-5-6-19(16,23)11-22-18-14(9-20)10-21-17-13(3)7-12(2)8-15(17)18/h7-8,10,16,23H,4-6,11H2,1-3H3,(H,21,22). The van der Waals surface area contributed by atoms with Gasteiger partial charge in [-0.2, -0.15) is 17.0 Å². The molecule has 5 heteroatoms. The van der Waals surface area contributed by atoms with Crippen molar-refractivity contribution in [2.45, 2.75) is 44.5 Å². The maximum atomic E-state index is 10.8. The van der Waals surface area contributed by atoms with Gasteiger partial charge < -0.3 is 10.4 Å². The number of aryl methyl sites for hydroxylation is 2. The van der Waals surface area contributed by atoms with Crippen LogP contribution in [0.15, 0.2) is 18.3 Å². The average Bonchev–Trinajstić information content (AvgIpc) is 2.56. The van der Waals surface area contributed by atoms with Crippen LogP contribution in [-0.2, 0) is 0 Å². The molecule has 0 amide bonds. The fourth-order valence-corrected chi connectivity index (χ4v) is 4.61. The van der Waals surface area contributed by atoms with E-state index < -0.39 is 5.60 Å². The summed E-state index contributed by atoms with van der Waals surface area (Å²) in [6.07, 6.45) is 3.48. The molecule has 1 fully saturated rings. The summed E-state index contributed by atoms with van der Waals surface area (Å²) >= 11 is 1.81. The Morgan fingerprint density at radius 3 is 2.88 bits per heavy atom. The van der Waals surface area contributed by atoms with E-state index in [0.29, 0.717) is 12.1 Å². The molecule has 3 rings (SSSR count). The van der Waals surface area contributed by atoms with Gasteiger partial charge in [-0.1, -0.05) is 18.6 Å². The minimum Gasteiger partial charge on any atom is -0.387 e. The van der Waals surface area contributed by atoms with Crippen molar-refractivity contribution in [1.82, 2.24) is 4.98 Å². The Kier molecular flexibility index (Phi) is 4.71. The highest BCUT2D eigenvalue weighted by atomic mass is 32.2. The van der Waals surface area contributed by atoms with Crippen LogP contribution >= 0.6 is 11.8 Å². The summed E-state index contributed by atoms with van der Waals surface area (Å²) in [5.74, 6) is 1.01. The Morgan fingerprint density at radius 1 is 1.46 bits per heavy atom. The number of hydrogen-bond donors (Lipinski definition) is 2. The molecule has 1 aliphatic rings. The quantitative estimate of drug-likeness (QED) is 0.866.